The molecule has 0 aromatic heterocycles. The van der Waals surface area contributed by atoms with Crippen molar-refractivity contribution in [3.05, 3.63) is 29.5 Å². The molecule has 0 aliphatic heterocycles. The van der Waals surface area contributed by atoms with Crippen molar-refractivity contribution in [1.82, 2.24) is 5.32 Å². The van der Waals surface area contributed by atoms with Crippen LogP contribution in [0.2, 0.25) is 0 Å². The van der Waals surface area contributed by atoms with Gasteiger partial charge in [0, 0.05) is 18.3 Å². The number of nitrogens with one attached hydrogen (secondary N) is 1. The third-order valence-electron chi connectivity index (χ3n) is 1.69. The second-order valence-electron chi connectivity index (χ2n) is 2.72. The fourth-order valence-corrected chi connectivity index (χ4v) is 1.01. The van der Waals surface area contributed by atoms with Crippen molar-refractivity contribution in [2.24, 2.45) is 0 Å². The first kappa shape index (κ1) is 8.75. The van der Waals surface area contributed by atoms with Crippen LogP contribution < -0.4 is 5.32 Å². The molecular weight excluding hydrogens is 150 g/mol. The molecule has 0 unspecified atom stereocenters. The van der Waals surface area contributed by atoms with Crippen molar-refractivity contribution in [2.45, 2.75) is 19.8 Å². The van der Waals surface area contributed by atoms with Gasteiger partial charge in [0.25, 0.3) is 5.71 Å². The fraction of sp³-hybridized carbons (Fsp3) is 0.444. The Hall–Kier alpha value is -1.34. The summed E-state index contributed by atoms with van der Waals surface area (Å²) in [5.74, 6) is 0. The number of allylic oxidation sites excluding steroid dienone is 3. The van der Waals surface area contributed by atoms with Crippen molar-refractivity contribution in [3.8, 4) is 0 Å². The SMILES string of the molecule is CCCNC1=CCC(=[N+]=[N-])C=C1. The van der Waals surface area contributed by atoms with Crippen molar-refractivity contribution < 1.29 is 4.79 Å². The summed E-state index contributed by atoms with van der Waals surface area (Å²) < 4.78 is 0. The van der Waals surface area contributed by atoms with Crippen LogP contribution in [0.1, 0.15) is 19.8 Å². The lowest BCUT2D eigenvalue weighted by molar-refractivity contribution is -0.00542. The first-order valence-corrected chi connectivity index (χ1v) is 4.20. The molecule has 0 fully saturated rings. The molecule has 0 bridgehead atoms. The standard InChI is InChI=1S/C9H13N3/c1-2-7-11-8-3-5-9(12-10)6-4-8/h3-5,11H,2,6-7H2,1H3. The molecule has 0 spiro atoms. The summed E-state index contributed by atoms with van der Waals surface area (Å²) in [7, 11) is 0. The average molecular weight is 163 g/mol. The van der Waals surface area contributed by atoms with Gasteiger partial charge in [-0.15, -0.1) is 0 Å². The predicted octanol–water partition coefficient (Wildman–Crippen LogP) is 1.50. The average Bonchev–Trinajstić information content (AvgIpc) is 2.15. The van der Waals surface area contributed by atoms with Crippen LogP contribution in [0.3, 0.4) is 0 Å². The second-order valence-corrected chi connectivity index (χ2v) is 2.72. The van der Waals surface area contributed by atoms with Gasteiger partial charge in [-0.25, -0.2) is 0 Å². The minimum atomic E-state index is 0.706. The second kappa shape index (κ2) is 4.52. The molecule has 3 heteroatoms. The lowest BCUT2D eigenvalue weighted by Crippen LogP contribution is -2.15. The number of hydrogen-bond acceptors (Lipinski definition) is 1. The fourth-order valence-electron chi connectivity index (χ4n) is 1.01. The Morgan fingerprint density at radius 3 is 2.92 bits per heavy atom. The summed E-state index contributed by atoms with van der Waals surface area (Å²) in [4.78, 5) is 3.12. The third-order valence-corrected chi connectivity index (χ3v) is 1.69. The molecule has 1 aliphatic rings. The highest BCUT2D eigenvalue weighted by atomic mass is 14.9. The van der Waals surface area contributed by atoms with Gasteiger partial charge in [-0.05, 0) is 18.6 Å². The van der Waals surface area contributed by atoms with Gasteiger partial charge in [-0.3, -0.25) is 0 Å². The van der Waals surface area contributed by atoms with E-state index in [0.717, 1.165) is 18.7 Å². The van der Waals surface area contributed by atoms with Gasteiger partial charge in [-0.2, -0.15) is 4.79 Å². The van der Waals surface area contributed by atoms with Gasteiger partial charge >= 0.3 is 0 Å². The highest BCUT2D eigenvalue weighted by Crippen LogP contribution is 2.03. The molecule has 0 saturated heterocycles. The summed E-state index contributed by atoms with van der Waals surface area (Å²) >= 11 is 0. The maximum Gasteiger partial charge on any atom is 0.295 e. The summed E-state index contributed by atoms with van der Waals surface area (Å²) in [6, 6.07) is 0. The van der Waals surface area contributed by atoms with Gasteiger partial charge in [-0.1, -0.05) is 6.92 Å². The van der Waals surface area contributed by atoms with Crippen LogP contribution in [0.25, 0.3) is 5.53 Å². The quantitative estimate of drug-likeness (QED) is 0.497. The van der Waals surface area contributed by atoms with E-state index in [1.807, 2.05) is 18.2 Å². The van der Waals surface area contributed by atoms with Gasteiger partial charge < -0.3 is 10.8 Å². The predicted molar refractivity (Wildman–Crippen MR) is 48.8 cm³/mol. The van der Waals surface area contributed by atoms with Gasteiger partial charge in [0.15, 0.2) is 0 Å². The molecule has 0 atom stereocenters. The Balaban J connectivity index is 2.46. The highest BCUT2D eigenvalue weighted by Gasteiger charge is 2.06. The van der Waals surface area contributed by atoms with Gasteiger partial charge in [0.2, 0.25) is 0 Å². The minimum absolute atomic E-state index is 0.706. The van der Waals surface area contributed by atoms with Crippen LogP contribution in [0.15, 0.2) is 23.9 Å². The van der Waals surface area contributed by atoms with E-state index in [0.29, 0.717) is 12.1 Å². The number of hydrogen-bond donors (Lipinski definition) is 1. The van der Waals surface area contributed by atoms with Gasteiger partial charge in [0.1, 0.15) is 0 Å². The van der Waals surface area contributed by atoms with E-state index in [2.05, 4.69) is 17.0 Å². The first-order chi connectivity index (χ1) is 5.86. The minimum Gasteiger partial charge on any atom is -0.385 e. The summed E-state index contributed by atoms with van der Waals surface area (Å²) in [5.41, 5.74) is 10.3. The maximum atomic E-state index is 8.44. The monoisotopic (exact) mass is 163 g/mol. The van der Waals surface area contributed by atoms with E-state index in [1.54, 1.807) is 0 Å². The van der Waals surface area contributed by atoms with E-state index in [9.17, 15) is 0 Å². The molecule has 0 radical (unpaired) electrons. The van der Waals surface area contributed by atoms with Crippen molar-refractivity contribution in [1.29, 1.82) is 0 Å². The Morgan fingerprint density at radius 2 is 2.42 bits per heavy atom. The van der Waals surface area contributed by atoms with E-state index in [1.165, 1.54) is 0 Å². The third kappa shape index (κ3) is 2.36. The Morgan fingerprint density at radius 1 is 1.58 bits per heavy atom. The maximum absolute atomic E-state index is 8.44. The van der Waals surface area contributed by atoms with Crippen LogP contribution in [0.5, 0.6) is 0 Å². The Kier molecular flexibility index (Phi) is 3.30. The molecule has 64 valence electrons. The molecule has 0 heterocycles. The van der Waals surface area contributed by atoms with Crippen LogP contribution in [-0.2, 0) is 0 Å². The number of nitrogens with zero attached hydrogens (tertiary/aromatic N) is 2. The number of rotatable bonds is 3. The van der Waals surface area contributed by atoms with Crippen LogP contribution >= 0.6 is 0 Å². The zero-order valence-electron chi connectivity index (χ0n) is 7.25. The smallest absolute Gasteiger partial charge is 0.295 e. The normalized spacial score (nSPS) is 15.4. The highest BCUT2D eigenvalue weighted by molar-refractivity contribution is 5.92. The Bertz CT molecular complexity index is 257. The molecule has 0 saturated carbocycles. The molecular formula is C9H13N3. The molecule has 1 rings (SSSR count). The lowest BCUT2D eigenvalue weighted by Gasteiger charge is -2.06. The molecule has 3 nitrogen and oxygen atoms in total. The zero-order chi connectivity index (χ0) is 8.81. The topological polar surface area (TPSA) is 48.4 Å². The molecule has 0 aromatic rings. The van der Waals surface area contributed by atoms with Crippen molar-refractivity contribution >= 4 is 5.71 Å². The van der Waals surface area contributed by atoms with Crippen LogP contribution in [0.4, 0.5) is 0 Å². The van der Waals surface area contributed by atoms with Crippen molar-refractivity contribution in [3.63, 3.8) is 0 Å². The largest absolute Gasteiger partial charge is 0.385 e. The molecule has 12 heavy (non-hydrogen) atoms. The van der Waals surface area contributed by atoms with E-state index >= 15 is 0 Å². The molecule has 1 aliphatic carbocycles. The molecule has 0 amide bonds. The first-order valence-electron chi connectivity index (χ1n) is 4.20. The lowest BCUT2D eigenvalue weighted by atomic mass is 10.1. The van der Waals surface area contributed by atoms with Gasteiger partial charge in [0.05, 0.1) is 6.42 Å². The Labute approximate surface area is 72.4 Å². The van der Waals surface area contributed by atoms with Crippen LogP contribution in [-0.4, -0.2) is 17.0 Å². The van der Waals surface area contributed by atoms with Crippen molar-refractivity contribution in [2.75, 3.05) is 6.54 Å². The van der Waals surface area contributed by atoms with E-state index < -0.39 is 0 Å². The summed E-state index contributed by atoms with van der Waals surface area (Å²) in [5, 5.41) is 3.25. The van der Waals surface area contributed by atoms with E-state index in [4.69, 9.17) is 5.53 Å². The van der Waals surface area contributed by atoms with E-state index in [-0.39, 0.29) is 0 Å². The molecule has 0 aromatic carbocycles. The molecule has 1 N–H and O–H groups in total. The summed E-state index contributed by atoms with van der Waals surface area (Å²) in [6.07, 6.45) is 7.59. The zero-order valence-corrected chi connectivity index (χ0v) is 7.25. The van der Waals surface area contributed by atoms with Crippen LogP contribution in [0, 0.1) is 0 Å². The summed E-state index contributed by atoms with van der Waals surface area (Å²) in [6.45, 7) is 3.11.